The van der Waals surface area contributed by atoms with Crippen molar-refractivity contribution >= 4 is 56.9 Å². The highest BCUT2D eigenvalue weighted by atomic mass is 35.5. The molecule has 0 aliphatic carbocycles. The molecule has 0 saturated heterocycles. The Morgan fingerprint density at radius 2 is 1.80 bits per heavy atom. The van der Waals surface area contributed by atoms with Crippen LogP contribution in [0.4, 0.5) is 11.8 Å². The first-order chi connectivity index (χ1) is 9.40. The van der Waals surface area contributed by atoms with Gasteiger partial charge < -0.3 is 16.0 Å². The topological polar surface area (TPSA) is 99.8 Å². The van der Waals surface area contributed by atoms with Crippen molar-refractivity contribution in [1.82, 2.24) is 14.5 Å². The monoisotopic (exact) mass is 309 g/mol. The lowest BCUT2D eigenvalue weighted by atomic mass is 10.1. The molecule has 20 heavy (non-hydrogen) atoms. The molecule has 6 nitrogen and oxygen atoms in total. The van der Waals surface area contributed by atoms with Crippen molar-refractivity contribution in [1.29, 1.82) is 0 Å². The third kappa shape index (κ3) is 1.69. The van der Waals surface area contributed by atoms with Crippen LogP contribution in [0.5, 0.6) is 0 Å². The minimum atomic E-state index is -0.302. The molecule has 1 aromatic carbocycles. The van der Waals surface area contributed by atoms with E-state index in [1.807, 2.05) is 0 Å². The van der Waals surface area contributed by atoms with E-state index in [2.05, 4.69) is 9.97 Å². The van der Waals surface area contributed by atoms with E-state index in [0.717, 1.165) is 0 Å². The van der Waals surface area contributed by atoms with Crippen LogP contribution in [0.15, 0.2) is 16.9 Å². The van der Waals surface area contributed by atoms with Crippen molar-refractivity contribution < 1.29 is 0 Å². The van der Waals surface area contributed by atoms with Crippen LogP contribution in [0.3, 0.4) is 0 Å². The molecule has 0 saturated carbocycles. The van der Waals surface area contributed by atoms with Crippen molar-refractivity contribution in [2.45, 2.75) is 0 Å². The normalized spacial score (nSPS) is 11.3. The van der Waals surface area contributed by atoms with Crippen LogP contribution in [-0.2, 0) is 7.05 Å². The zero-order valence-corrected chi connectivity index (χ0v) is 11.8. The molecule has 0 unspecified atom stereocenters. The first-order valence-corrected chi connectivity index (χ1v) is 6.36. The third-order valence-electron chi connectivity index (χ3n) is 3.12. The summed E-state index contributed by atoms with van der Waals surface area (Å²) in [4.78, 5) is 20.4. The smallest absolute Gasteiger partial charge is 0.223 e. The molecule has 102 valence electrons. The Bertz CT molecular complexity index is 935. The zero-order valence-electron chi connectivity index (χ0n) is 10.3. The first-order valence-electron chi connectivity index (χ1n) is 5.60. The number of pyridine rings is 1. The highest BCUT2D eigenvalue weighted by Gasteiger charge is 2.15. The Labute approximate surface area is 122 Å². The van der Waals surface area contributed by atoms with Crippen molar-refractivity contribution in [3.63, 3.8) is 0 Å². The summed E-state index contributed by atoms with van der Waals surface area (Å²) in [6, 6.07) is 3.12. The van der Waals surface area contributed by atoms with E-state index >= 15 is 0 Å². The minimum Gasteiger partial charge on any atom is -0.383 e. The maximum absolute atomic E-state index is 12.5. The predicted molar refractivity (Wildman–Crippen MR) is 81.1 cm³/mol. The van der Waals surface area contributed by atoms with Crippen LogP contribution < -0.4 is 16.9 Å². The molecule has 0 fully saturated rings. The van der Waals surface area contributed by atoms with Crippen LogP contribution in [0.25, 0.3) is 21.9 Å². The molecule has 3 rings (SSSR count). The second-order valence-electron chi connectivity index (χ2n) is 4.34. The number of aryl methyl sites for hydroxylation is 1. The van der Waals surface area contributed by atoms with Gasteiger partial charge in [-0.05, 0) is 12.1 Å². The van der Waals surface area contributed by atoms with Gasteiger partial charge in [0.2, 0.25) is 11.4 Å². The molecular formula is C12H9Cl2N5O. The van der Waals surface area contributed by atoms with Gasteiger partial charge in [0, 0.05) is 12.4 Å². The van der Waals surface area contributed by atoms with Gasteiger partial charge >= 0.3 is 0 Å². The van der Waals surface area contributed by atoms with Crippen LogP contribution in [0.2, 0.25) is 10.0 Å². The molecular weight excluding hydrogens is 301 g/mol. The Kier molecular flexibility index (Phi) is 2.74. The average Bonchev–Trinajstić information content (AvgIpc) is 2.37. The second kappa shape index (κ2) is 4.22. The molecule has 0 aliphatic heterocycles. The van der Waals surface area contributed by atoms with Crippen LogP contribution in [0, 0.1) is 0 Å². The average molecular weight is 310 g/mol. The summed E-state index contributed by atoms with van der Waals surface area (Å²) >= 11 is 12.0. The summed E-state index contributed by atoms with van der Waals surface area (Å²) in [6.07, 6.45) is 0. The van der Waals surface area contributed by atoms with Crippen molar-refractivity contribution in [3.8, 4) is 0 Å². The summed E-state index contributed by atoms with van der Waals surface area (Å²) in [5.41, 5.74) is 12.0. The fourth-order valence-electron chi connectivity index (χ4n) is 2.19. The summed E-state index contributed by atoms with van der Waals surface area (Å²) in [6.45, 7) is 0. The number of hydrogen-bond donors (Lipinski definition) is 2. The van der Waals surface area contributed by atoms with E-state index < -0.39 is 0 Å². The maximum Gasteiger partial charge on any atom is 0.223 e. The number of aromatic nitrogens is 3. The lowest BCUT2D eigenvalue weighted by Gasteiger charge is -2.11. The molecule has 0 atom stereocenters. The highest BCUT2D eigenvalue weighted by molar-refractivity contribution is 6.42. The number of nitrogen functional groups attached to an aromatic ring is 2. The Balaban J connectivity index is 2.68. The SMILES string of the molecule is Cn1c2cc(Cl)c(Cl)cc2c(=O)c2c(N)nc(N)nc21. The number of nitrogens with two attached hydrogens (primary N) is 2. The van der Waals surface area contributed by atoms with Gasteiger partial charge in [0.15, 0.2) is 5.65 Å². The summed E-state index contributed by atoms with van der Waals surface area (Å²) in [7, 11) is 1.74. The highest BCUT2D eigenvalue weighted by Crippen LogP contribution is 2.28. The Morgan fingerprint density at radius 3 is 2.50 bits per heavy atom. The summed E-state index contributed by atoms with van der Waals surface area (Å²) < 4.78 is 1.68. The number of hydrogen-bond acceptors (Lipinski definition) is 5. The van der Waals surface area contributed by atoms with E-state index in [1.165, 1.54) is 6.07 Å². The maximum atomic E-state index is 12.5. The largest absolute Gasteiger partial charge is 0.383 e. The third-order valence-corrected chi connectivity index (χ3v) is 3.85. The van der Waals surface area contributed by atoms with Crippen LogP contribution in [0.1, 0.15) is 0 Å². The van der Waals surface area contributed by atoms with E-state index in [9.17, 15) is 4.79 Å². The van der Waals surface area contributed by atoms with Gasteiger partial charge in [0.1, 0.15) is 11.2 Å². The number of nitrogens with zero attached hydrogens (tertiary/aromatic N) is 3. The summed E-state index contributed by atoms with van der Waals surface area (Å²) in [5.74, 6) is 0.0467. The zero-order chi connectivity index (χ0) is 14.6. The predicted octanol–water partition coefficient (Wildman–Crippen LogP) is 1.95. The Morgan fingerprint density at radius 1 is 1.15 bits per heavy atom. The molecule has 0 bridgehead atoms. The number of halogens is 2. The van der Waals surface area contributed by atoms with Crippen LogP contribution >= 0.6 is 23.2 Å². The van der Waals surface area contributed by atoms with Gasteiger partial charge in [0.25, 0.3) is 0 Å². The molecule has 0 spiro atoms. The molecule has 2 heterocycles. The van der Waals surface area contributed by atoms with Gasteiger partial charge in [-0.15, -0.1) is 0 Å². The quantitative estimate of drug-likeness (QED) is 0.618. The van der Waals surface area contributed by atoms with Crippen molar-refractivity contribution in [2.75, 3.05) is 11.5 Å². The number of rotatable bonds is 0. The van der Waals surface area contributed by atoms with E-state index in [-0.39, 0.29) is 22.6 Å². The second-order valence-corrected chi connectivity index (χ2v) is 5.15. The van der Waals surface area contributed by atoms with Gasteiger partial charge in [0.05, 0.1) is 15.6 Å². The first kappa shape index (κ1) is 13.0. The molecule has 3 aromatic rings. The fraction of sp³-hybridized carbons (Fsp3) is 0.0833. The van der Waals surface area contributed by atoms with Gasteiger partial charge in [-0.2, -0.15) is 9.97 Å². The summed E-state index contributed by atoms with van der Waals surface area (Å²) in [5, 5.41) is 1.26. The van der Waals surface area contributed by atoms with Crippen LogP contribution in [-0.4, -0.2) is 14.5 Å². The van der Waals surface area contributed by atoms with E-state index in [4.69, 9.17) is 34.7 Å². The number of benzene rings is 1. The van der Waals surface area contributed by atoms with Gasteiger partial charge in [-0.25, -0.2) is 0 Å². The standard InChI is InChI=1S/C12H9Cl2N5O/c1-19-7-3-6(14)5(13)2-4(7)9(20)8-10(15)17-12(16)18-11(8)19/h2-3H,1H3,(H4,15,16,17,18). The number of fused-ring (bicyclic) bond motifs is 2. The number of anilines is 2. The minimum absolute atomic E-state index is 0.00408. The van der Waals surface area contributed by atoms with Crippen molar-refractivity contribution in [2.24, 2.45) is 7.05 Å². The van der Waals surface area contributed by atoms with E-state index in [0.29, 0.717) is 26.6 Å². The fourth-order valence-corrected chi connectivity index (χ4v) is 2.51. The lowest BCUT2D eigenvalue weighted by molar-refractivity contribution is 0.972. The molecule has 2 aromatic heterocycles. The molecule has 0 amide bonds. The van der Waals surface area contributed by atoms with Gasteiger partial charge in [-0.1, -0.05) is 23.2 Å². The van der Waals surface area contributed by atoms with Gasteiger partial charge in [-0.3, -0.25) is 4.79 Å². The molecule has 4 N–H and O–H groups in total. The van der Waals surface area contributed by atoms with E-state index in [1.54, 1.807) is 17.7 Å². The Hall–Kier alpha value is -2.05. The molecule has 8 heteroatoms. The van der Waals surface area contributed by atoms with Crippen molar-refractivity contribution in [3.05, 3.63) is 32.4 Å². The molecule has 0 radical (unpaired) electrons. The lowest BCUT2D eigenvalue weighted by Crippen LogP contribution is -2.14. The molecule has 0 aliphatic rings.